The molecular weight excluding hydrogens is 281 g/mol. The van der Waals surface area contributed by atoms with Crippen molar-refractivity contribution in [2.45, 2.75) is 45.6 Å². The van der Waals surface area contributed by atoms with E-state index in [-0.39, 0.29) is 23.7 Å². The summed E-state index contributed by atoms with van der Waals surface area (Å²) in [6.07, 6.45) is 1.86. The molecule has 118 valence electrons. The van der Waals surface area contributed by atoms with Gasteiger partial charge in [0.2, 0.25) is 11.9 Å². The van der Waals surface area contributed by atoms with Gasteiger partial charge < -0.3 is 11.1 Å². The Kier molecular flexibility index (Phi) is 5.25. The first-order chi connectivity index (χ1) is 10.5. The molecule has 2 aromatic rings. The Labute approximate surface area is 130 Å². The van der Waals surface area contributed by atoms with Crippen LogP contribution in [0.2, 0.25) is 0 Å². The molecule has 6 heteroatoms. The molecule has 0 saturated carbocycles. The number of rotatable bonds is 6. The molecule has 0 spiro atoms. The van der Waals surface area contributed by atoms with Gasteiger partial charge in [-0.25, -0.2) is 4.39 Å². The third kappa shape index (κ3) is 4.13. The van der Waals surface area contributed by atoms with Gasteiger partial charge in [0.15, 0.2) is 0 Å². The number of nitrogen functional groups attached to an aromatic ring is 1. The molecule has 0 bridgehead atoms. The second kappa shape index (κ2) is 7.15. The van der Waals surface area contributed by atoms with Crippen LogP contribution in [0.25, 0.3) is 0 Å². The van der Waals surface area contributed by atoms with Crippen LogP contribution in [0.15, 0.2) is 24.3 Å². The van der Waals surface area contributed by atoms with Crippen LogP contribution in [-0.4, -0.2) is 15.0 Å². The van der Waals surface area contributed by atoms with Gasteiger partial charge in [-0.3, -0.25) is 0 Å². The highest BCUT2D eigenvalue weighted by Crippen LogP contribution is 2.23. The SMILES string of the molecule is CCCC(Nc1nc(N)nc(C(C)C)n1)c1ccc(F)cc1. The zero-order chi connectivity index (χ0) is 16.1. The minimum absolute atomic E-state index is 0.00686. The van der Waals surface area contributed by atoms with E-state index < -0.39 is 0 Å². The summed E-state index contributed by atoms with van der Waals surface area (Å²) >= 11 is 0. The van der Waals surface area contributed by atoms with Crippen LogP contribution < -0.4 is 11.1 Å². The van der Waals surface area contributed by atoms with Crippen molar-refractivity contribution < 1.29 is 4.39 Å². The lowest BCUT2D eigenvalue weighted by molar-refractivity contribution is 0.622. The standard InChI is InChI=1S/C16H22FN5/c1-4-5-13(11-6-8-12(17)9-7-11)19-16-21-14(10(2)3)20-15(18)22-16/h6-10,13H,4-5H2,1-3H3,(H3,18,19,20,21,22). The Morgan fingerprint density at radius 1 is 1.14 bits per heavy atom. The molecule has 5 nitrogen and oxygen atoms in total. The van der Waals surface area contributed by atoms with Crippen LogP contribution in [0.3, 0.4) is 0 Å². The summed E-state index contributed by atoms with van der Waals surface area (Å²) in [5.41, 5.74) is 6.75. The maximum Gasteiger partial charge on any atom is 0.228 e. The Hall–Kier alpha value is -2.24. The molecule has 1 heterocycles. The van der Waals surface area contributed by atoms with E-state index in [0.29, 0.717) is 11.8 Å². The van der Waals surface area contributed by atoms with Gasteiger partial charge in [-0.15, -0.1) is 0 Å². The van der Waals surface area contributed by atoms with E-state index in [1.807, 2.05) is 13.8 Å². The van der Waals surface area contributed by atoms with Crippen molar-refractivity contribution >= 4 is 11.9 Å². The lowest BCUT2D eigenvalue weighted by Gasteiger charge is -2.19. The number of anilines is 2. The smallest absolute Gasteiger partial charge is 0.228 e. The van der Waals surface area contributed by atoms with Gasteiger partial charge in [0.05, 0.1) is 6.04 Å². The van der Waals surface area contributed by atoms with Crippen molar-refractivity contribution in [3.63, 3.8) is 0 Å². The van der Waals surface area contributed by atoms with E-state index in [1.54, 1.807) is 12.1 Å². The number of nitrogens with zero attached hydrogens (tertiary/aromatic N) is 3. The van der Waals surface area contributed by atoms with Gasteiger partial charge in [-0.05, 0) is 24.1 Å². The largest absolute Gasteiger partial charge is 0.368 e. The molecule has 0 amide bonds. The van der Waals surface area contributed by atoms with Gasteiger partial charge in [0.1, 0.15) is 11.6 Å². The normalized spacial score (nSPS) is 12.4. The molecule has 2 rings (SSSR count). The maximum absolute atomic E-state index is 13.1. The Morgan fingerprint density at radius 2 is 1.82 bits per heavy atom. The Bertz CT molecular complexity index is 612. The lowest BCUT2D eigenvalue weighted by atomic mass is 10.0. The predicted octanol–water partition coefficient (Wildman–Crippen LogP) is 3.67. The fraction of sp³-hybridized carbons (Fsp3) is 0.438. The van der Waals surface area contributed by atoms with Gasteiger partial charge >= 0.3 is 0 Å². The third-order valence-electron chi connectivity index (χ3n) is 3.34. The quantitative estimate of drug-likeness (QED) is 0.851. The van der Waals surface area contributed by atoms with Gasteiger partial charge in [-0.2, -0.15) is 15.0 Å². The monoisotopic (exact) mass is 303 g/mol. The number of hydrogen-bond acceptors (Lipinski definition) is 5. The molecular formula is C16H22FN5. The minimum Gasteiger partial charge on any atom is -0.368 e. The van der Waals surface area contributed by atoms with Crippen molar-refractivity contribution in [3.05, 3.63) is 41.5 Å². The zero-order valence-electron chi connectivity index (χ0n) is 13.2. The summed E-state index contributed by atoms with van der Waals surface area (Å²) in [6.45, 7) is 6.10. The van der Waals surface area contributed by atoms with Crippen LogP contribution >= 0.6 is 0 Å². The highest BCUT2D eigenvalue weighted by atomic mass is 19.1. The fourth-order valence-electron chi connectivity index (χ4n) is 2.19. The maximum atomic E-state index is 13.1. The Morgan fingerprint density at radius 3 is 2.41 bits per heavy atom. The van der Waals surface area contributed by atoms with Crippen LogP contribution in [0.4, 0.5) is 16.3 Å². The molecule has 0 fully saturated rings. The summed E-state index contributed by atoms with van der Waals surface area (Å²) in [5, 5.41) is 3.29. The topological polar surface area (TPSA) is 76.7 Å². The van der Waals surface area contributed by atoms with Gasteiger partial charge in [0, 0.05) is 5.92 Å². The van der Waals surface area contributed by atoms with E-state index in [9.17, 15) is 4.39 Å². The van der Waals surface area contributed by atoms with Crippen LogP contribution in [-0.2, 0) is 0 Å². The highest BCUT2D eigenvalue weighted by molar-refractivity contribution is 5.36. The summed E-state index contributed by atoms with van der Waals surface area (Å²) in [6, 6.07) is 6.47. The molecule has 1 atom stereocenters. The second-order valence-electron chi connectivity index (χ2n) is 5.57. The number of hydrogen-bond donors (Lipinski definition) is 2. The first-order valence-corrected chi connectivity index (χ1v) is 7.53. The Balaban J connectivity index is 2.26. The number of nitrogens with two attached hydrogens (primary N) is 1. The molecule has 0 aliphatic heterocycles. The third-order valence-corrected chi connectivity index (χ3v) is 3.34. The fourth-order valence-corrected chi connectivity index (χ4v) is 2.19. The van der Waals surface area contributed by atoms with E-state index in [2.05, 4.69) is 27.2 Å². The van der Waals surface area contributed by atoms with Crippen LogP contribution in [0, 0.1) is 5.82 Å². The summed E-state index contributed by atoms with van der Waals surface area (Å²) in [5.74, 6) is 1.24. The molecule has 1 aromatic heterocycles. The van der Waals surface area contributed by atoms with Gasteiger partial charge in [-0.1, -0.05) is 39.3 Å². The van der Waals surface area contributed by atoms with Crippen molar-refractivity contribution in [2.75, 3.05) is 11.1 Å². The predicted molar refractivity (Wildman–Crippen MR) is 86.0 cm³/mol. The summed E-state index contributed by atoms with van der Waals surface area (Å²) in [4.78, 5) is 12.7. The molecule has 1 unspecified atom stereocenters. The molecule has 1 aromatic carbocycles. The minimum atomic E-state index is -0.245. The molecule has 3 N–H and O–H groups in total. The summed E-state index contributed by atoms with van der Waals surface area (Å²) < 4.78 is 13.1. The van der Waals surface area contributed by atoms with Crippen LogP contribution in [0.1, 0.15) is 57.0 Å². The van der Waals surface area contributed by atoms with Crippen molar-refractivity contribution in [1.29, 1.82) is 0 Å². The number of halogens is 1. The number of benzene rings is 1. The van der Waals surface area contributed by atoms with Crippen LogP contribution in [0.5, 0.6) is 0 Å². The molecule has 0 saturated heterocycles. The molecule has 0 radical (unpaired) electrons. The average molecular weight is 303 g/mol. The molecule has 22 heavy (non-hydrogen) atoms. The van der Waals surface area contributed by atoms with E-state index in [0.717, 1.165) is 18.4 Å². The van der Waals surface area contributed by atoms with Crippen molar-refractivity contribution in [3.8, 4) is 0 Å². The number of nitrogens with one attached hydrogen (secondary N) is 1. The van der Waals surface area contributed by atoms with E-state index in [4.69, 9.17) is 5.73 Å². The lowest BCUT2D eigenvalue weighted by Crippen LogP contribution is -2.15. The van der Waals surface area contributed by atoms with Gasteiger partial charge in [0.25, 0.3) is 0 Å². The average Bonchev–Trinajstić information content (AvgIpc) is 2.47. The summed E-state index contributed by atoms with van der Waals surface area (Å²) in [7, 11) is 0. The highest BCUT2D eigenvalue weighted by Gasteiger charge is 2.14. The first-order valence-electron chi connectivity index (χ1n) is 7.53. The van der Waals surface area contributed by atoms with Crippen molar-refractivity contribution in [1.82, 2.24) is 15.0 Å². The van der Waals surface area contributed by atoms with E-state index in [1.165, 1.54) is 12.1 Å². The number of aromatic nitrogens is 3. The molecule has 0 aliphatic rings. The molecule has 0 aliphatic carbocycles. The second-order valence-corrected chi connectivity index (χ2v) is 5.57. The zero-order valence-corrected chi connectivity index (χ0v) is 13.2. The van der Waals surface area contributed by atoms with Crippen molar-refractivity contribution in [2.24, 2.45) is 0 Å². The van der Waals surface area contributed by atoms with E-state index >= 15 is 0 Å². The first kappa shape index (κ1) is 16.1.